The topological polar surface area (TPSA) is 104 Å². The van der Waals surface area contributed by atoms with E-state index in [0.29, 0.717) is 36.1 Å². The summed E-state index contributed by atoms with van der Waals surface area (Å²) in [5.41, 5.74) is -0.0838. The number of carbonyl (C=O) groups excluding carboxylic acids is 1. The zero-order valence-electron chi connectivity index (χ0n) is 14.0. The van der Waals surface area contributed by atoms with Gasteiger partial charge in [-0.15, -0.1) is 0 Å². The van der Waals surface area contributed by atoms with Gasteiger partial charge in [-0.05, 0) is 37.5 Å². The zero-order chi connectivity index (χ0) is 18.4. The summed E-state index contributed by atoms with van der Waals surface area (Å²) >= 11 is 6.09. The van der Waals surface area contributed by atoms with Gasteiger partial charge >= 0.3 is 6.09 Å². The Balaban J connectivity index is 2.12. The van der Waals surface area contributed by atoms with Crippen LogP contribution in [0, 0.1) is 29.6 Å². The Kier molecular flexibility index (Phi) is 6.22. The van der Waals surface area contributed by atoms with Crippen molar-refractivity contribution in [2.75, 3.05) is 19.2 Å². The van der Waals surface area contributed by atoms with Crippen LogP contribution in [0.1, 0.15) is 30.4 Å². The molecule has 1 amide bonds. The Hall–Kier alpha value is -2.32. The molecule has 0 bridgehead atoms. The van der Waals surface area contributed by atoms with Gasteiger partial charge in [0.15, 0.2) is 0 Å². The number of anilines is 1. The average molecular weight is 364 g/mol. The van der Waals surface area contributed by atoms with E-state index in [4.69, 9.17) is 31.1 Å². The second kappa shape index (κ2) is 8.17. The minimum absolute atomic E-state index is 0.0173. The lowest BCUT2D eigenvalue weighted by Crippen LogP contribution is -2.43. The van der Waals surface area contributed by atoms with E-state index in [1.165, 1.54) is 13.2 Å². The minimum atomic E-state index is -1.35. The summed E-state index contributed by atoms with van der Waals surface area (Å²) in [5, 5.41) is 21.3. The fourth-order valence-corrected chi connectivity index (χ4v) is 2.99. The molecule has 2 rings (SSSR count). The summed E-state index contributed by atoms with van der Waals surface area (Å²) in [4.78, 5) is 12.3. The van der Waals surface area contributed by atoms with Gasteiger partial charge in [0, 0.05) is 19.2 Å². The molecular weight excluding hydrogens is 346 g/mol. The number of halogens is 1. The van der Waals surface area contributed by atoms with Crippen molar-refractivity contribution in [3.8, 4) is 12.1 Å². The highest BCUT2D eigenvalue weighted by atomic mass is 35.5. The number of carbonyl (C=O) groups is 1. The minimum Gasteiger partial charge on any atom is -0.424 e. The summed E-state index contributed by atoms with van der Waals surface area (Å²) < 4.78 is 15.8. The van der Waals surface area contributed by atoms with Crippen LogP contribution in [0.3, 0.4) is 0 Å². The maximum Gasteiger partial charge on any atom is 0.413 e. The number of nitrogens with zero attached hydrogens (tertiary/aromatic N) is 2. The van der Waals surface area contributed by atoms with E-state index in [0.717, 1.165) is 0 Å². The number of benzene rings is 1. The Morgan fingerprint density at radius 1 is 1.48 bits per heavy atom. The molecule has 1 aliphatic carbocycles. The molecule has 2 atom stereocenters. The molecule has 8 heteroatoms. The lowest BCUT2D eigenvalue weighted by atomic mass is 10.0. The maximum atomic E-state index is 12.3. The average Bonchev–Trinajstić information content (AvgIpc) is 3.00. The number of hydrogen-bond donors (Lipinski definition) is 1. The third-order valence-electron chi connectivity index (χ3n) is 4.13. The van der Waals surface area contributed by atoms with Crippen LogP contribution in [-0.4, -0.2) is 31.7 Å². The van der Waals surface area contributed by atoms with E-state index < -0.39 is 17.8 Å². The highest BCUT2D eigenvalue weighted by Crippen LogP contribution is 2.36. The Bertz CT molecular complexity index is 741. The van der Waals surface area contributed by atoms with Crippen molar-refractivity contribution < 1.29 is 19.0 Å². The van der Waals surface area contributed by atoms with Crippen molar-refractivity contribution in [2.45, 2.75) is 37.9 Å². The van der Waals surface area contributed by atoms with Crippen LogP contribution in [0.25, 0.3) is 0 Å². The van der Waals surface area contributed by atoms with Crippen molar-refractivity contribution in [2.24, 2.45) is 0 Å². The lowest BCUT2D eigenvalue weighted by Gasteiger charge is -2.28. The molecule has 1 aromatic carbocycles. The molecule has 1 saturated carbocycles. The summed E-state index contributed by atoms with van der Waals surface area (Å²) in [5.74, 6) is 0. The van der Waals surface area contributed by atoms with Gasteiger partial charge in [0.05, 0.1) is 10.6 Å². The van der Waals surface area contributed by atoms with E-state index in [9.17, 15) is 10.1 Å². The smallest absolute Gasteiger partial charge is 0.413 e. The lowest BCUT2D eigenvalue weighted by molar-refractivity contribution is -0.122. The van der Waals surface area contributed by atoms with Crippen molar-refractivity contribution in [1.29, 1.82) is 10.5 Å². The molecule has 1 N–H and O–H groups in total. The van der Waals surface area contributed by atoms with Crippen LogP contribution in [-0.2, 0) is 14.2 Å². The third-order valence-corrected chi connectivity index (χ3v) is 4.62. The standard InChI is InChI=1S/C17H18ClN3O4/c1-11-13(6-5-12(8-19)15(11)18)21-16(22)25-17(9-20)7-3-4-14(17)24-10-23-2/h5-6,14H,3-4,7,10H2,1-2H3,(H,21,22). The molecule has 1 aliphatic rings. The molecule has 0 heterocycles. The van der Waals surface area contributed by atoms with Crippen LogP contribution in [0.2, 0.25) is 5.02 Å². The number of rotatable bonds is 5. The first-order valence-corrected chi connectivity index (χ1v) is 8.06. The number of nitrogens with one attached hydrogen (secondary N) is 1. The molecule has 7 nitrogen and oxygen atoms in total. The Morgan fingerprint density at radius 3 is 2.88 bits per heavy atom. The van der Waals surface area contributed by atoms with E-state index >= 15 is 0 Å². The number of nitriles is 2. The van der Waals surface area contributed by atoms with Gasteiger partial charge in [0.2, 0.25) is 5.60 Å². The van der Waals surface area contributed by atoms with Gasteiger partial charge in [-0.3, -0.25) is 5.32 Å². The Morgan fingerprint density at radius 2 is 2.24 bits per heavy atom. The van der Waals surface area contributed by atoms with E-state index in [2.05, 4.69) is 11.4 Å². The van der Waals surface area contributed by atoms with E-state index in [1.807, 2.05) is 6.07 Å². The van der Waals surface area contributed by atoms with Crippen LogP contribution < -0.4 is 5.32 Å². The van der Waals surface area contributed by atoms with Gasteiger partial charge < -0.3 is 14.2 Å². The molecule has 0 aromatic heterocycles. The largest absolute Gasteiger partial charge is 0.424 e. The van der Waals surface area contributed by atoms with E-state index in [-0.39, 0.29) is 11.8 Å². The van der Waals surface area contributed by atoms with E-state index in [1.54, 1.807) is 13.0 Å². The molecular formula is C17H18ClN3O4. The molecule has 0 aliphatic heterocycles. The van der Waals surface area contributed by atoms with Crippen LogP contribution in [0.5, 0.6) is 0 Å². The number of hydrogen-bond acceptors (Lipinski definition) is 6. The summed E-state index contributed by atoms with van der Waals surface area (Å²) in [6.07, 6.45) is 0.369. The van der Waals surface area contributed by atoms with Gasteiger partial charge in [-0.25, -0.2) is 4.79 Å². The Labute approximate surface area is 151 Å². The first-order chi connectivity index (χ1) is 12.0. The van der Waals surface area contributed by atoms with Crippen molar-refractivity contribution in [1.82, 2.24) is 0 Å². The summed E-state index contributed by atoms with van der Waals surface area (Å²) in [6, 6.07) is 7.10. The maximum absolute atomic E-state index is 12.3. The fraction of sp³-hybridized carbons (Fsp3) is 0.471. The molecule has 1 fully saturated rings. The SMILES string of the molecule is COCOC1CCCC1(C#N)OC(=O)Nc1ccc(C#N)c(Cl)c1C. The summed E-state index contributed by atoms with van der Waals surface area (Å²) in [7, 11) is 1.48. The van der Waals surface area contributed by atoms with Crippen LogP contribution in [0.4, 0.5) is 10.5 Å². The van der Waals surface area contributed by atoms with Crippen molar-refractivity contribution in [3.05, 3.63) is 28.3 Å². The predicted molar refractivity (Wildman–Crippen MR) is 90.0 cm³/mol. The van der Waals surface area contributed by atoms with Crippen molar-refractivity contribution in [3.63, 3.8) is 0 Å². The van der Waals surface area contributed by atoms with Gasteiger partial charge in [-0.1, -0.05) is 11.6 Å². The molecule has 132 valence electrons. The molecule has 25 heavy (non-hydrogen) atoms. The van der Waals surface area contributed by atoms with Crippen LogP contribution >= 0.6 is 11.6 Å². The molecule has 0 radical (unpaired) electrons. The van der Waals surface area contributed by atoms with Gasteiger partial charge in [0.1, 0.15) is 25.0 Å². The quantitative estimate of drug-likeness (QED) is 0.802. The zero-order valence-corrected chi connectivity index (χ0v) is 14.7. The molecule has 0 saturated heterocycles. The highest BCUT2D eigenvalue weighted by molar-refractivity contribution is 6.33. The second-order valence-electron chi connectivity index (χ2n) is 5.68. The molecule has 0 spiro atoms. The molecule has 2 unspecified atom stereocenters. The number of methoxy groups -OCH3 is 1. The highest BCUT2D eigenvalue weighted by Gasteiger charge is 2.48. The monoisotopic (exact) mass is 363 g/mol. The van der Waals surface area contributed by atoms with Gasteiger partial charge in [-0.2, -0.15) is 10.5 Å². The number of amides is 1. The van der Waals surface area contributed by atoms with Crippen molar-refractivity contribution >= 4 is 23.4 Å². The third kappa shape index (κ3) is 4.02. The predicted octanol–water partition coefficient (Wildman–Crippen LogP) is 3.50. The molecule has 1 aromatic rings. The van der Waals surface area contributed by atoms with Gasteiger partial charge in [0.25, 0.3) is 0 Å². The summed E-state index contributed by atoms with van der Waals surface area (Å²) in [6.45, 7) is 1.70. The number of ether oxygens (including phenoxy) is 3. The first-order valence-electron chi connectivity index (χ1n) is 7.68. The fourth-order valence-electron chi connectivity index (χ4n) is 2.79. The van der Waals surface area contributed by atoms with Crippen LogP contribution in [0.15, 0.2) is 12.1 Å². The second-order valence-corrected chi connectivity index (χ2v) is 6.06. The normalized spacial score (nSPS) is 22.0. The first kappa shape index (κ1) is 19.0.